The Morgan fingerprint density at radius 3 is 2.36 bits per heavy atom. The van der Waals surface area contributed by atoms with E-state index in [0.29, 0.717) is 0 Å². The maximum absolute atomic E-state index is 9.42. The van der Waals surface area contributed by atoms with Gasteiger partial charge in [0.1, 0.15) is 17.6 Å². The number of hydrogen-bond acceptors (Lipinski definition) is 4. The predicted molar refractivity (Wildman–Crippen MR) is 86.1 cm³/mol. The zero-order valence-corrected chi connectivity index (χ0v) is 13.0. The molecule has 116 valence electrons. The zero-order valence-electron chi connectivity index (χ0n) is 13.0. The lowest BCUT2D eigenvalue weighted by atomic mass is 9.81. The molecular formula is C18H22N2O2. The van der Waals surface area contributed by atoms with Gasteiger partial charge in [-0.15, -0.1) is 0 Å². The van der Waals surface area contributed by atoms with Crippen LogP contribution in [0, 0.1) is 0 Å². The van der Waals surface area contributed by atoms with Crippen LogP contribution in [0.4, 0.5) is 0 Å². The molecule has 0 aliphatic heterocycles. The maximum Gasteiger partial charge on any atom is 0.138 e. The molecule has 1 saturated carbocycles. The van der Waals surface area contributed by atoms with E-state index in [1.54, 1.807) is 18.3 Å². The van der Waals surface area contributed by atoms with Crippen LogP contribution >= 0.6 is 0 Å². The first-order valence-corrected chi connectivity index (χ1v) is 7.63. The van der Waals surface area contributed by atoms with Crippen molar-refractivity contribution in [3.8, 4) is 11.5 Å². The molecule has 0 spiro atoms. The van der Waals surface area contributed by atoms with Gasteiger partial charge >= 0.3 is 0 Å². The Morgan fingerprint density at radius 1 is 1.14 bits per heavy atom. The number of hydrogen-bond donors (Lipinski definition) is 2. The second kappa shape index (κ2) is 5.61. The van der Waals surface area contributed by atoms with Gasteiger partial charge in [0.15, 0.2) is 0 Å². The molecule has 1 aliphatic rings. The number of benzene rings is 1. The first-order chi connectivity index (χ1) is 10.4. The molecule has 1 aliphatic carbocycles. The van der Waals surface area contributed by atoms with Crippen LogP contribution in [0.5, 0.6) is 11.5 Å². The van der Waals surface area contributed by atoms with E-state index in [0.717, 1.165) is 29.8 Å². The number of nitrogens with two attached hydrogens (primary N) is 1. The molecule has 3 N–H and O–H groups in total. The fraction of sp³-hybridized carbons (Fsp3) is 0.389. The number of nitrogens with zero attached hydrogens (tertiary/aromatic N) is 1. The van der Waals surface area contributed by atoms with Crippen molar-refractivity contribution in [3.05, 3.63) is 53.9 Å². The summed E-state index contributed by atoms with van der Waals surface area (Å²) >= 11 is 0. The van der Waals surface area contributed by atoms with Crippen LogP contribution in [0.25, 0.3) is 0 Å². The third kappa shape index (κ3) is 2.92. The normalized spacial score (nSPS) is 21.2. The lowest BCUT2D eigenvalue weighted by Gasteiger charge is -2.32. The van der Waals surface area contributed by atoms with E-state index in [1.807, 2.05) is 24.3 Å². The lowest BCUT2D eigenvalue weighted by Crippen LogP contribution is -2.43. The Balaban J connectivity index is 1.74. The summed E-state index contributed by atoms with van der Waals surface area (Å²) in [4.78, 5) is 4.56. The van der Waals surface area contributed by atoms with Crippen LogP contribution < -0.4 is 10.5 Å². The molecule has 22 heavy (non-hydrogen) atoms. The van der Waals surface area contributed by atoms with Crippen molar-refractivity contribution in [2.45, 2.75) is 44.2 Å². The van der Waals surface area contributed by atoms with Crippen LogP contribution in [-0.2, 0) is 5.41 Å². The number of pyridine rings is 1. The highest BCUT2D eigenvalue weighted by atomic mass is 16.5. The molecule has 2 aromatic rings. The summed E-state index contributed by atoms with van der Waals surface area (Å²) in [5.41, 5.74) is 7.61. The van der Waals surface area contributed by atoms with Crippen molar-refractivity contribution < 1.29 is 9.84 Å². The van der Waals surface area contributed by atoms with E-state index in [-0.39, 0.29) is 23.3 Å². The number of ether oxygens (including phenoxy) is 1. The molecule has 0 radical (unpaired) electrons. The lowest BCUT2D eigenvalue weighted by molar-refractivity contribution is 0.100. The van der Waals surface area contributed by atoms with E-state index in [4.69, 9.17) is 10.5 Å². The molecule has 3 rings (SSSR count). The topological polar surface area (TPSA) is 68.4 Å². The molecule has 4 heteroatoms. The summed E-state index contributed by atoms with van der Waals surface area (Å²) in [6.45, 7) is 4.24. The summed E-state index contributed by atoms with van der Waals surface area (Å²) in [5, 5.41) is 9.42. The average molecular weight is 298 g/mol. The smallest absolute Gasteiger partial charge is 0.138 e. The first kappa shape index (κ1) is 14.9. The second-order valence-corrected chi connectivity index (χ2v) is 6.52. The van der Waals surface area contributed by atoms with Crippen LogP contribution in [0.15, 0.2) is 42.6 Å². The predicted octanol–water partition coefficient (Wildman–Crippen LogP) is 2.98. The second-order valence-electron chi connectivity index (χ2n) is 6.52. The standard InChI is InChI=1S/C18H22N2O2/c1-18(2,12-3-5-14(21)6-4-12)17-8-7-15(11-20-17)22-16-9-13(19)10-16/h3-8,11,13,16,21H,9-10,19H2,1-2H3. The largest absolute Gasteiger partial charge is 0.508 e. The third-order valence-corrected chi connectivity index (χ3v) is 4.40. The Bertz CT molecular complexity index is 629. The summed E-state index contributed by atoms with van der Waals surface area (Å²) in [7, 11) is 0. The molecule has 1 aromatic heterocycles. The number of aromatic nitrogens is 1. The quantitative estimate of drug-likeness (QED) is 0.910. The summed E-state index contributed by atoms with van der Waals surface area (Å²) < 4.78 is 5.83. The highest BCUT2D eigenvalue weighted by Crippen LogP contribution is 2.32. The number of aromatic hydroxyl groups is 1. The van der Waals surface area contributed by atoms with Gasteiger partial charge in [-0.3, -0.25) is 4.98 Å². The van der Waals surface area contributed by atoms with E-state index < -0.39 is 0 Å². The Kier molecular flexibility index (Phi) is 3.79. The Labute approximate surface area is 131 Å². The van der Waals surface area contributed by atoms with Gasteiger partial charge < -0.3 is 15.6 Å². The fourth-order valence-corrected chi connectivity index (χ4v) is 2.74. The van der Waals surface area contributed by atoms with Crippen molar-refractivity contribution in [2.75, 3.05) is 0 Å². The van der Waals surface area contributed by atoms with E-state index in [2.05, 4.69) is 18.8 Å². The highest BCUT2D eigenvalue weighted by molar-refractivity contribution is 5.38. The minimum Gasteiger partial charge on any atom is -0.508 e. The average Bonchev–Trinajstić information content (AvgIpc) is 2.47. The van der Waals surface area contributed by atoms with Crippen LogP contribution in [0.1, 0.15) is 37.9 Å². The zero-order chi connectivity index (χ0) is 15.7. The minimum atomic E-state index is -0.231. The van der Waals surface area contributed by atoms with E-state index in [9.17, 15) is 5.11 Å². The molecule has 0 amide bonds. The summed E-state index contributed by atoms with van der Waals surface area (Å²) in [6, 6.07) is 11.5. The number of phenols is 1. The monoisotopic (exact) mass is 298 g/mol. The van der Waals surface area contributed by atoms with Crippen molar-refractivity contribution in [1.82, 2.24) is 4.98 Å². The molecule has 1 aromatic carbocycles. The van der Waals surface area contributed by atoms with Crippen LogP contribution in [0.3, 0.4) is 0 Å². The van der Waals surface area contributed by atoms with E-state index in [1.165, 1.54) is 0 Å². The van der Waals surface area contributed by atoms with Gasteiger partial charge in [-0.2, -0.15) is 0 Å². The van der Waals surface area contributed by atoms with Crippen molar-refractivity contribution in [3.63, 3.8) is 0 Å². The highest BCUT2D eigenvalue weighted by Gasteiger charge is 2.28. The van der Waals surface area contributed by atoms with Crippen molar-refractivity contribution in [2.24, 2.45) is 5.73 Å². The van der Waals surface area contributed by atoms with Gasteiger partial charge in [0.05, 0.1) is 11.9 Å². The molecule has 0 saturated heterocycles. The Hall–Kier alpha value is -2.07. The van der Waals surface area contributed by atoms with Gasteiger partial charge in [0.2, 0.25) is 0 Å². The van der Waals surface area contributed by atoms with Crippen molar-refractivity contribution >= 4 is 0 Å². The van der Waals surface area contributed by atoms with Gasteiger partial charge in [-0.05, 0) is 42.7 Å². The van der Waals surface area contributed by atoms with Crippen molar-refractivity contribution in [1.29, 1.82) is 0 Å². The molecular weight excluding hydrogens is 276 g/mol. The molecule has 0 atom stereocenters. The summed E-state index contributed by atoms with van der Waals surface area (Å²) in [6.07, 6.45) is 3.84. The maximum atomic E-state index is 9.42. The molecule has 4 nitrogen and oxygen atoms in total. The number of phenolic OH excluding ortho intramolecular Hbond substituents is 1. The van der Waals surface area contributed by atoms with Gasteiger partial charge in [-0.25, -0.2) is 0 Å². The van der Waals surface area contributed by atoms with E-state index >= 15 is 0 Å². The first-order valence-electron chi connectivity index (χ1n) is 7.63. The van der Waals surface area contributed by atoms with Gasteiger partial charge in [0.25, 0.3) is 0 Å². The van der Waals surface area contributed by atoms with Crippen LogP contribution in [-0.4, -0.2) is 22.2 Å². The molecule has 1 fully saturated rings. The molecule has 1 heterocycles. The van der Waals surface area contributed by atoms with Crippen LogP contribution in [0.2, 0.25) is 0 Å². The number of rotatable bonds is 4. The summed E-state index contributed by atoms with van der Waals surface area (Å²) in [5.74, 6) is 1.07. The minimum absolute atomic E-state index is 0.229. The molecule has 0 unspecified atom stereocenters. The van der Waals surface area contributed by atoms with Gasteiger partial charge in [0, 0.05) is 11.5 Å². The Morgan fingerprint density at radius 2 is 1.82 bits per heavy atom. The van der Waals surface area contributed by atoms with Gasteiger partial charge in [-0.1, -0.05) is 26.0 Å². The third-order valence-electron chi connectivity index (χ3n) is 4.40. The SMILES string of the molecule is CC(C)(c1ccc(O)cc1)c1ccc(OC2CC(N)C2)cn1. The fourth-order valence-electron chi connectivity index (χ4n) is 2.74. The molecule has 0 bridgehead atoms.